The molecule has 2 atom stereocenters. The fourth-order valence-corrected chi connectivity index (χ4v) is 3.14. The van der Waals surface area contributed by atoms with Gasteiger partial charge in [-0.3, -0.25) is 0 Å². The van der Waals surface area contributed by atoms with Crippen LogP contribution in [0.3, 0.4) is 0 Å². The molecule has 1 fully saturated rings. The molecule has 0 radical (unpaired) electrons. The largest absolute Gasteiger partial charge is 0.496 e. The molecule has 1 N–H and O–H groups in total. The van der Waals surface area contributed by atoms with E-state index >= 15 is 0 Å². The summed E-state index contributed by atoms with van der Waals surface area (Å²) in [6, 6.07) is 9.12. The van der Waals surface area contributed by atoms with Crippen molar-refractivity contribution in [1.82, 2.24) is 5.32 Å². The zero-order chi connectivity index (χ0) is 12.8. The summed E-state index contributed by atoms with van der Waals surface area (Å²) in [4.78, 5) is 0. The number of nitrogens with one attached hydrogen (secondary N) is 1. The highest BCUT2D eigenvalue weighted by molar-refractivity contribution is 5.33. The maximum absolute atomic E-state index is 5.46. The van der Waals surface area contributed by atoms with Crippen molar-refractivity contribution in [1.29, 1.82) is 0 Å². The van der Waals surface area contributed by atoms with Crippen molar-refractivity contribution < 1.29 is 4.74 Å². The van der Waals surface area contributed by atoms with E-state index in [9.17, 15) is 0 Å². The Morgan fingerprint density at radius 2 is 2.00 bits per heavy atom. The highest BCUT2D eigenvalue weighted by atomic mass is 16.5. The van der Waals surface area contributed by atoms with Gasteiger partial charge in [0.15, 0.2) is 0 Å². The van der Waals surface area contributed by atoms with E-state index in [-0.39, 0.29) is 0 Å². The summed E-state index contributed by atoms with van der Waals surface area (Å²) in [5, 5.41) is 3.65. The lowest BCUT2D eigenvalue weighted by molar-refractivity contribution is 0.262. The molecule has 1 aromatic rings. The number of methoxy groups -OCH3 is 1. The molecule has 0 aromatic heterocycles. The Bertz CT molecular complexity index is 362. The lowest BCUT2D eigenvalue weighted by Crippen LogP contribution is -2.39. The van der Waals surface area contributed by atoms with Gasteiger partial charge in [0.25, 0.3) is 0 Å². The normalized spacial score (nSPS) is 23.9. The Labute approximate surface area is 111 Å². The molecule has 0 aliphatic heterocycles. The van der Waals surface area contributed by atoms with Gasteiger partial charge in [-0.1, -0.05) is 38.0 Å². The van der Waals surface area contributed by atoms with Crippen molar-refractivity contribution in [3.8, 4) is 5.75 Å². The van der Waals surface area contributed by atoms with Gasteiger partial charge in [-0.25, -0.2) is 0 Å². The number of hydrogen-bond donors (Lipinski definition) is 1. The van der Waals surface area contributed by atoms with E-state index in [1.807, 2.05) is 6.07 Å². The minimum absolute atomic E-state index is 0.689. The quantitative estimate of drug-likeness (QED) is 0.861. The van der Waals surface area contributed by atoms with Crippen molar-refractivity contribution in [2.45, 2.75) is 45.1 Å². The Morgan fingerprint density at radius 1 is 1.22 bits per heavy atom. The summed E-state index contributed by atoms with van der Waals surface area (Å²) in [5.74, 6) is 1.80. The smallest absolute Gasteiger partial charge is 0.122 e. The highest BCUT2D eigenvalue weighted by Gasteiger charge is 2.25. The van der Waals surface area contributed by atoms with E-state index in [2.05, 4.69) is 30.4 Å². The zero-order valence-corrected chi connectivity index (χ0v) is 11.6. The summed E-state index contributed by atoms with van der Waals surface area (Å²) in [6.07, 6.45) is 6.56. The van der Waals surface area contributed by atoms with Crippen LogP contribution in [0.2, 0.25) is 0 Å². The van der Waals surface area contributed by atoms with E-state index in [0.717, 1.165) is 24.6 Å². The fraction of sp³-hybridized carbons (Fsp3) is 0.625. The van der Waals surface area contributed by atoms with E-state index in [1.54, 1.807) is 7.11 Å². The van der Waals surface area contributed by atoms with Crippen LogP contribution in [0.4, 0.5) is 0 Å². The molecule has 18 heavy (non-hydrogen) atoms. The first kappa shape index (κ1) is 13.4. The molecular weight excluding hydrogens is 222 g/mol. The van der Waals surface area contributed by atoms with Crippen LogP contribution in [0.1, 0.15) is 38.2 Å². The second-order valence-electron chi connectivity index (χ2n) is 5.22. The van der Waals surface area contributed by atoms with Gasteiger partial charge in [0.1, 0.15) is 5.75 Å². The van der Waals surface area contributed by atoms with Crippen LogP contribution in [-0.2, 0) is 6.42 Å². The lowest BCUT2D eigenvalue weighted by atomic mass is 9.80. The third-order valence-electron chi connectivity index (χ3n) is 4.05. The average molecular weight is 247 g/mol. The Kier molecular flexibility index (Phi) is 5.06. The standard InChI is InChI=1S/C16H25NO/c1-3-17-15-10-6-4-8-13(15)12-14-9-5-7-11-16(14)18-2/h5,7,9,11,13,15,17H,3-4,6,8,10,12H2,1-2H3. The van der Waals surface area contributed by atoms with Gasteiger partial charge >= 0.3 is 0 Å². The Morgan fingerprint density at radius 3 is 2.78 bits per heavy atom. The zero-order valence-electron chi connectivity index (χ0n) is 11.6. The summed E-state index contributed by atoms with van der Waals surface area (Å²) >= 11 is 0. The molecule has 1 saturated carbocycles. The predicted molar refractivity (Wildman–Crippen MR) is 76.1 cm³/mol. The van der Waals surface area contributed by atoms with Gasteiger partial charge in [0.05, 0.1) is 7.11 Å². The van der Waals surface area contributed by atoms with Crippen molar-refractivity contribution in [3.05, 3.63) is 29.8 Å². The van der Waals surface area contributed by atoms with Crippen molar-refractivity contribution in [2.75, 3.05) is 13.7 Å². The van der Waals surface area contributed by atoms with Crippen LogP contribution in [-0.4, -0.2) is 19.7 Å². The number of para-hydroxylation sites is 1. The van der Waals surface area contributed by atoms with Crippen molar-refractivity contribution in [2.24, 2.45) is 5.92 Å². The summed E-state index contributed by atoms with van der Waals surface area (Å²) < 4.78 is 5.46. The van der Waals surface area contributed by atoms with E-state index in [1.165, 1.54) is 31.2 Å². The second kappa shape index (κ2) is 6.79. The number of ether oxygens (including phenoxy) is 1. The van der Waals surface area contributed by atoms with Gasteiger partial charge in [-0.2, -0.15) is 0 Å². The van der Waals surface area contributed by atoms with Crippen LogP contribution in [0.15, 0.2) is 24.3 Å². The first-order valence-electron chi connectivity index (χ1n) is 7.20. The van der Waals surface area contributed by atoms with Crippen molar-refractivity contribution >= 4 is 0 Å². The third-order valence-corrected chi connectivity index (χ3v) is 4.05. The maximum atomic E-state index is 5.46. The molecule has 0 bridgehead atoms. The lowest BCUT2D eigenvalue weighted by Gasteiger charge is -2.32. The second-order valence-corrected chi connectivity index (χ2v) is 5.22. The molecule has 0 heterocycles. The molecule has 2 heteroatoms. The highest BCUT2D eigenvalue weighted by Crippen LogP contribution is 2.30. The summed E-state index contributed by atoms with van der Waals surface area (Å²) in [7, 11) is 1.77. The van der Waals surface area contributed by atoms with Gasteiger partial charge < -0.3 is 10.1 Å². The van der Waals surface area contributed by atoms with E-state index in [4.69, 9.17) is 4.74 Å². The fourth-order valence-electron chi connectivity index (χ4n) is 3.14. The summed E-state index contributed by atoms with van der Waals surface area (Å²) in [6.45, 7) is 3.28. The molecule has 0 spiro atoms. The average Bonchev–Trinajstić information content (AvgIpc) is 2.42. The van der Waals surface area contributed by atoms with Crippen LogP contribution in [0.25, 0.3) is 0 Å². The van der Waals surface area contributed by atoms with Crippen LogP contribution in [0, 0.1) is 5.92 Å². The molecule has 0 saturated heterocycles. The minimum atomic E-state index is 0.689. The van der Waals surface area contributed by atoms with Gasteiger partial charge in [0, 0.05) is 6.04 Å². The Hall–Kier alpha value is -1.02. The number of rotatable bonds is 5. The molecule has 100 valence electrons. The molecule has 2 rings (SSSR count). The van der Waals surface area contributed by atoms with E-state index in [0.29, 0.717) is 6.04 Å². The predicted octanol–water partition coefficient (Wildman–Crippen LogP) is 3.41. The summed E-state index contributed by atoms with van der Waals surface area (Å²) in [5.41, 5.74) is 1.36. The Balaban J connectivity index is 2.05. The molecular formula is C16H25NO. The molecule has 2 unspecified atom stereocenters. The number of hydrogen-bond acceptors (Lipinski definition) is 2. The maximum Gasteiger partial charge on any atom is 0.122 e. The molecule has 1 aromatic carbocycles. The van der Waals surface area contributed by atoms with E-state index < -0.39 is 0 Å². The van der Waals surface area contributed by atoms with Gasteiger partial charge in [-0.15, -0.1) is 0 Å². The minimum Gasteiger partial charge on any atom is -0.496 e. The third kappa shape index (κ3) is 3.26. The van der Waals surface area contributed by atoms with Crippen LogP contribution >= 0.6 is 0 Å². The van der Waals surface area contributed by atoms with Gasteiger partial charge in [0.2, 0.25) is 0 Å². The molecule has 1 aliphatic carbocycles. The van der Waals surface area contributed by atoms with Crippen molar-refractivity contribution in [3.63, 3.8) is 0 Å². The topological polar surface area (TPSA) is 21.3 Å². The molecule has 1 aliphatic rings. The first-order chi connectivity index (χ1) is 8.85. The molecule has 0 amide bonds. The van der Waals surface area contributed by atoms with Crippen LogP contribution in [0.5, 0.6) is 5.75 Å². The monoisotopic (exact) mass is 247 g/mol. The van der Waals surface area contributed by atoms with Crippen LogP contribution < -0.4 is 10.1 Å². The van der Waals surface area contributed by atoms with Gasteiger partial charge in [-0.05, 0) is 43.4 Å². The number of benzene rings is 1. The SMILES string of the molecule is CCNC1CCCCC1Cc1ccccc1OC. The first-order valence-corrected chi connectivity index (χ1v) is 7.20. The molecule has 2 nitrogen and oxygen atoms in total.